The molecule has 156 valence electrons. The Balaban J connectivity index is 1.68. The molecule has 3 unspecified atom stereocenters. The van der Waals surface area contributed by atoms with E-state index in [0.717, 1.165) is 43.0 Å². The lowest BCUT2D eigenvalue weighted by Gasteiger charge is -2.41. The van der Waals surface area contributed by atoms with Crippen LogP contribution >= 0.6 is 0 Å². The van der Waals surface area contributed by atoms with E-state index in [1.807, 2.05) is 26.4 Å². The number of methoxy groups -OCH3 is 1. The van der Waals surface area contributed by atoms with Gasteiger partial charge in [-0.1, -0.05) is 19.3 Å². The first kappa shape index (κ1) is 21.2. The van der Waals surface area contributed by atoms with Crippen molar-refractivity contribution in [1.29, 1.82) is 0 Å². The number of rotatable bonds is 7. The van der Waals surface area contributed by atoms with Crippen LogP contribution in [0.5, 0.6) is 0 Å². The van der Waals surface area contributed by atoms with E-state index in [2.05, 4.69) is 28.2 Å². The van der Waals surface area contributed by atoms with E-state index in [9.17, 15) is 0 Å². The molecule has 1 saturated carbocycles. The number of aromatic nitrogens is 1. The van der Waals surface area contributed by atoms with Gasteiger partial charge in [0.25, 0.3) is 0 Å². The van der Waals surface area contributed by atoms with E-state index < -0.39 is 0 Å². The van der Waals surface area contributed by atoms with Crippen LogP contribution in [0.15, 0.2) is 17.3 Å². The first-order valence-corrected chi connectivity index (χ1v) is 10.9. The smallest absolute Gasteiger partial charge is 0.154 e. The Morgan fingerprint density at radius 3 is 2.86 bits per heavy atom. The van der Waals surface area contributed by atoms with E-state index in [-0.39, 0.29) is 12.1 Å². The maximum atomic E-state index is 5.89. The van der Waals surface area contributed by atoms with E-state index in [0.29, 0.717) is 12.1 Å². The minimum atomic E-state index is 0.115. The zero-order valence-electron chi connectivity index (χ0n) is 17.7. The number of nitrogens with zero attached hydrogens (tertiary/aromatic N) is 3. The van der Waals surface area contributed by atoms with Crippen LogP contribution in [0.3, 0.4) is 0 Å². The summed E-state index contributed by atoms with van der Waals surface area (Å²) in [5.41, 5.74) is 7.90. The molecular formula is C22H37N5O. The fraction of sp³-hybridized carbons (Fsp3) is 0.727. The van der Waals surface area contributed by atoms with Gasteiger partial charge in [0, 0.05) is 50.7 Å². The highest BCUT2D eigenvalue weighted by molar-refractivity contribution is 5.71. The summed E-state index contributed by atoms with van der Waals surface area (Å²) in [6.07, 6.45) is 12.5. The van der Waals surface area contributed by atoms with Gasteiger partial charge in [0.2, 0.25) is 0 Å². The molecule has 1 aliphatic heterocycles. The number of piperidine rings is 1. The Hall–Kier alpha value is -1.50. The highest BCUT2D eigenvalue weighted by Gasteiger charge is 2.32. The summed E-state index contributed by atoms with van der Waals surface area (Å²) in [4.78, 5) is 11.7. The Labute approximate surface area is 170 Å². The Morgan fingerprint density at radius 1 is 1.36 bits per heavy atom. The van der Waals surface area contributed by atoms with Gasteiger partial charge in [-0.3, -0.25) is 4.99 Å². The number of hydrogen-bond acceptors (Lipinski definition) is 6. The molecule has 0 aromatic carbocycles. The predicted octanol–water partition coefficient (Wildman–Crippen LogP) is 3.35. The zero-order chi connectivity index (χ0) is 19.9. The molecule has 6 nitrogen and oxygen atoms in total. The third kappa shape index (κ3) is 5.75. The van der Waals surface area contributed by atoms with Crippen molar-refractivity contribution >= 4 is 17.7 Å². The normalized spacial score (nSPS) is 25.4. The van der Waals surface area contributed by atoms with Gasteiger partial charge in [-0.2, -0.15) is 0 Å². The van der Waals surface area contributed by atoms with Crippen molar-refractivity contribution in [3.05, 3.63) is 17.8 Å². The van der Waals surface area contributed by atoms with Crippen LogP contribution in [-0.4, -0.2) is 55.6 Å². The topological polar surface area (TPSA) is 75.8 Å². The molecule has 0 spiro atoms. The summed E-state index contributed by atoms with van der Waals surface area (Å²) in [5, 5.41) is 3.89. The van der Waals surface area contributed by atoms with Gasteiger partial charge < -0.3 is 20.7 Å². The predicted molar refractivity (Wildman–Crippen MR) is 117 cm³/mol. The van der Waals surface area contributed by atoms with Gasteiger partial charge in [0.15, 0.2) is 5.82 Å². The van der Waals surface area contributed by atoms with E-state index in [1.165, 1.54) is 32.1 Å². The van der Waals surface area contributed by atoms with Crippen LogP contribution in [0.4, 0.5) is 11.5 Å². The second-order valence-electron chi connectivity index (χ2n) is 8.50. The van der Waals surface area contributed by atoms with Crippen molar-refractivity contribution in [2.75, 3.05) is 25.1 Å². The van der Waals surface area contributed by atoms with Crippen molar-refractivity contribution in [3.8, 4) is 0 Å². The van der Waals surface area contributed by atoms with Gasteiger partial charge in [-0.05, 0) is 51.2 Å². The second kappa shape index (κ2) is 10.3. The van der Waals surface area contributed by atoms with E-state index >= 15 is 0 Å². The highest BCUT2D eigenvalue weighted by Crippen LogP contribution is 2.30. The largest absolute Gasteiger partial charge is 0.378 e. The molecule has 1 aromatic rings. The number of hydrogen-bond donors (Lipinski definition) is 2. The quantitative estimate of drug-likeness (QED) is 0.702. The molecule has 28 heavy (non-hydrogen) atoms. The summed E-state index contributed by atoms with van der Waals surface area (Å²) in [7, 11) is 1.83. The molecule has 0 amide bonds. The molecule has 0 bridgehead atoms. The maximum absolute atomic E-state index is 5.89. The second-order valence-corrected chi connectivity index (χ2v) is 8.50. The van der Waals surface area contributed by atoms with Gasteiger partial charge in [-0.15, -0.1) is 0 Å². The summed E-state index contributed by atoms with van der Waals surface area (Å²) in [5.74, 6) is 0.949. The summed E-state index contributed by atoms with van der Waals surface area (Å²) >= 11 is 0. The minimum absolute atomic E-state index is 0.115. The first-order chi connectivity index (χ1) is 13.6. The number of pyridine rings is 1. The third-order valence-corrected chi connectivity index (χ3v) is 5.91. The molecule has 1 saturated heterocycles. The fourth-order valence-electron chi connectivity index (χ4n) is 4.31. The number of aryl methyl sites for hydroxylation is 1. The molecular weight excluding hydrogens is 350 g/mol. The molecule has 3 atom stereocenters. The minimum Gasteiger partial charge on any atom is -0.378 e. The van der Waals surface area contributed by atoms with Crippen LogP contribution in [0.25, 0.3) is 0 Å². The summed E-state index contributed by atoms with van der Waals surface area (Å²) in [6.45, 7) is 5.86. The van der Waals surface area contributed by atoms with Gasteiger partial charge >= 0.3 is 0 Å². The van der Waals surface area contributed by atoms with Crippen LogP contribution in [0, 0.1) is 6.92 Å². The summed E-state index contributed by atoms with van der Waals surface area (Å²) in [6, 6.07) is 3.29. The molecule has 1 aromatic heterocycles. The lowest BCUT2D eigenvalue weighted by molar-refractivity contribution is 0.0534. The number of nitrogens with two attached hydrogens (primary N) is 1. The Kier molecular flexibility index (Phi) is 7.82. The maximum Gasteiger partial charge on any atom is 0.154 e. The third-order valence-electron chi connectivity index (χ3n) is 5.91. The molecule has 2 aliphatic rings. The SMILES string of the molecule is COC1CN(c2ncc(C)cc2N=CCC(C)N)CCC1NC1CCCCC1. The lowest BCUT2D eigenvalue weighted by Crippen LogP contribution is -2.56. The number of ether oxygens (including phenoxy) is 1. The van der Waals surface area contributed by atoms with Gasteiger partial charge in [0.1, 0.15) is 5.69 Å². The molecule has 3 rings (SSSR count). The fourth-order valence-corrected chi connectivity index (χ4v) is 4.31. The van der Waals surface area contributed by atoms with Crippen molar-refractivity contribution in [2.24, 2.45) is 10.7 Å². The molecule has 1 aliphatic carbocycles. The average molecular weight is 388 g/mol. The lowest BCUT2D eigenvalue weighted by atomic mass is 9.92. The van der Waals surface area contributed by atoms with Crippen LogP contribution in [0.2, 0.25) is 0 Å². The number of aliphatic imine (C=N–C) groups is 1. The van der Waals surface area contributed by atoms with Crippen molar-refractivity contribution < 1.29 is 4.74 Å². The first-order valence-electron chi connectivity index (χ1n) is 10.9. The Bertz CT molecular complexity index is 642. The van der Waals surface area contributed by atoms with Crippen LogP contribution in [-0.2, 0) is 4.74 Å². The molecule has 6 heteroatoms. The van der Waals surface area contributed by atoms with Crippen LogP contribution in [0.1, 0.15) is 57.4 Å². The van der Waals surface area contributed by atoms with Crippen molar-refractivity contribution in [1.82, 2.24) is 10.3 Å². The van der Waals surface area contributed by atoms with Crippen molar-refractivity contribution in [2.45, 2.75) is 83.0 Å². The number of nitrogens with one attached hydrogen (secondary N) is 1. The van der Waals surface area contributed by atoms with Crippen molar-refractivity contribution in [3.63, 3.8) is 0 Å². The van der Waals surface area contributed by atoms with E-state index in [1.54, 1.807) is 0 Å². The monoisotopic (exact) mass is 387 g/mol. The van der Waals surface area contributed by atoms with Gasteiger partial charge in [0.05, 0.1) is 6.10 Å². The van der Waals surface area contributed by atoms with Crippen LogP contribution < -0.4 is 16.0 Å². The number of anilines is 1. The average Bonchev–Trinajstić information content (AvgIpc) is 2.69. The molecule has 2 heterocycles. The molecule has 0 radical (unpaired) electrons. The zero-order valence-corrected chi connectivity index (χ0v) is 17.7. The molecule has 2 fully saturated rings. The van der Waals surface area contributed by atoms with E-state index in [4.69, 9.17) is 15.5 Å². The standard InChI is InChI=1S/C22H37N5O/c1-16-13-20(24-11-9-17(2)23)22(25-14-16)27-12-10-19(21(15-27)28-3)26-18-7-5-4-6-8-18/h11,13-14,17-19,21,26H,4-10,12,15,23H2,1-3H3. The van der Waals surface area contributed by atoms with Gasteiger partial charge in [-0.25, -0.2) is 4.98 Å². The highest BCUT2D eigenvalue weighted by atomic mass is 16.5. The molecule has 3 N–H and O–H groups in total. The summed E-state index contributed by atoms with van der Waals surface area (Å²) < 4.78 is 5.89. The Morgan fingerprint density at radius 2 is 2.14 bits per heavy atom.